The normalized spacial score (nSPS) is 19.9. The third-order valence-corrected chi connectivity index (χ3v) is 3.60. The molecule has 1 fully saturated rings. The van der Waals surface area contributed by atoms with Crippen molar-refractivity contribution in [2.45, 2.75) is 31.8 Å². The molecule has 0 aliphatic carbocycles. The third-order valence-electron chi connectivity index (χ3n) is 3.60. The Morgan fingerprint density at radius 1 is 1.50 bits per heavy atom. The molecular weight excluding hydrogens is 228 g/mol. The predicted molar refractivity (Wildman–Crippen MR) is 73.0 cm³/mol. The lowest BCUT2D eigenvalue weighted by molar-refractivity contribution is 0.162. The molecule has 0 bridgehead atoms. The Hall–Kier alpha value is -1.07. The number of ether oxygens (including phenoxy) is 1. The van der Waals surface area contributed by atoms with Gasteiger partial charge in [0.05, 0.1) is 12.6 Å². The summed E-state index contributed by atoms with van der Waals surface area (Å²) < 4.78 is 7.36. The number of methoxy groups -OCH3 is 1. The zero-order valence-corrected chi connectivity index (χ0v) is 11.6. The molecule has 0 spiro atoms. The predicted octanol–water partition coefficient (Wildman–Crippen LogP) is 1.60. The highest BCUT2D eigenvalue weighted by Crippen LogP contribution is 2.18. The minimum Gasteiger partial charge on any atom is -0.383 e. The summed E-state index contributed by atoms with van der Waals surface area (Å²) in [5.41, 5.74) is 0. The van der Waals surface area contributed by atoms with Gasteiger partial charge in [-0.3, -0.25) is 0 Å². The molecule has 1 N–H and O–H groups in total. The van der Waals surface area contributed by atoms with Crippen LogP contribution in [0.1, 0.15) is 25.8 Å². The molecular formula is C13H24N4O. The highest BCUT2D eigenvalue weighted by Gasteiger charge is 2.18. The standard InChI is InChI=1S/C13H24N4O/c1-11(10-18-3)17-9-6-14-13(17)15-12-4-7-16(2)8-5-12/h6,9,11-12H,4-5,7-8,10H2,1-3H3,(H,14,15). The van der Waals surface area contributed by atoms with Crippen molar-refractivity contribution in [2.24, 2.45) is 0 Å². The van der Waals surface area contributed by atoms with E-state index < -0.39 is 0 Å². The summed E-state index contributed by atoms with van der Waals surface area (Å²) in [5.74, 6) is 0.967. The number of hydrogen-bond donors (Lipinski definition) is 1. The first-order valence-electron chi connectivity index (χ1n) is 6.67. The lowest BCUT2D eigenvalue weighted by atomic mass is 10.1. The van der Waals surface area contributed by atoms with Crippen molar-refractivity contribution in [3.05, 3.63) is 12.4 Å². The van der Waals surface area contributed by atoms with Gasteiger partial charge < -0.3 is 19.5 Å². The van der Waals surface area contributed by atoms with Crippen LogP contribution in [0, 0.1) is 0 Å². The van der Waals surface area contributed by atoms with E-state index in [1.165, 1.54) is 12.8 Å². The number of imidazole rings is 1. The molecule has 1 aromatic rings. The van der Waals surface area contributed by atoms with E-state index in [1.54, 1.807) is 7.11 Å². The van der Waals surface area contributed by atoms with Crippen molar-refractivity contribution in [3.63, 3.8) is 0 Å². The molecule has 1 unspecified atom stereocenters. The molecule has 2 rings (SSSR count). The van der Waals surface area contributed by atoms with Crippen LogP contribution in [0.3, 0.4) is 0 Å². The minimum absolute atomic E-state index is 0.311. The van der Waals surface area contributed by atoms with E-state index >= 15 is 0 Å². The average Bonchev–Trinajstić information content (AvgIpc) is 2.81. The second-order valence-corrected chi connectivity index (χ2v) is 5.18. The van der Waals surface area contributed by atoms with Gasteiger partial charge in [0.15, 0.2) is 0 Å². The first-order chi connectivity index (χ1) is 8.70. The van der Waals surface area contributed by atoms with E-state index in [9.17, 15) is 0 Å². The molecule has 1 aliphatic heterocycles. The molecule has 0 aromatic carbocycles. The molecule has 2 heterocycles. The first kappa shape index (κ1) is 13.4. The molecule has 18 heavy (non-hydrogen) atoms. The first-order valence-corrected chi connectivity index (χ1v) is 6.67. The molecule has 1 aromatic heterocycles. The fraction of sp³-hybridized carbons (Fsp3) is 0.769. The maximum atomic E-state index is 5.20. The second kappa shape index (κ2) is 6.20. The largest absolute Gasteiger partial charge is 0.383 e. The highest BCUT2D eigenvalue weighted by atomic mass is 16.5. The lowest BCUT2D eigenvalue weighted by Gasteiger charge is -2.30. The monoisotopic (exact) mass is 252 g/mol. The fourth-order valence-electron chi connectivity index (χ4n) is 2.44. The van der Waals surface area contributed by atoms with Gasteiger partial charge in [0.25, 0.3) is 0 Å². The summed E-state index contributed by atoms with van der Waals surface area (Å²) in [5, 5.41) is 3.56. The summed E-state index contributed by atoms with van der Waals surface area (Å²) in [7, 11) is 3.91. The van der Waals surface area contributed by atoms with Crippen LogP contribution < -0.4 is 5.32 Å². The number of anilines is 1. The van der Waals surface area contributed by atoms with E-state index in [0.29, 0.717) is 18.7 Å². The van der Waals surface area contributed by atoms with Crippen LogP contribution in [-0.2, 0) is 4.74 Å². The van der Waals surface area contributed by atoms with Gasteiger partial charge in [-0.1, -0.05) is 0 Å². The van der Waals surface area contributed by atoms with E-state index in [-0.39, 0.29) is 0 Å². The summed E-state index contributed by atoms with van der Waals surface area (Å²) in [6, 6.07) is 0.850. The van der Waals surface area contributed by atoms with Crippen molar-refractivity contribution >= 4 is 5.95 Å². The van der Waals surface area contributed by atoms with Crippen molar-refractivity contribution < 1.29 is 4.74 Å². The highest BCUT2D eigenvalue weighted by molar-refractivity contribution is 5.28. The van der Waals surface area contributed by atoms with Crippen LogP contribution >= 0.6 is 0 Å². The lowest BCUT2D eigenvalue weighted by Crippen LogP contribution is -2.37. The van der Waals surface area contributed by atoms with Crippen molar-refractivity contribution in [3.8, 4) is 0 Å². The molecule has 0 amide bonds. The Morgan fingerprint density at radius 2 is 2.22 bits per heavy atom. The Bertz CT molecular complexity index is 358. The zero-order chi connectivity index (χ0) is 13.0. The van der Waals surface area contributed by atoms with Gasteiger partial charge in [-0.15, -0.1) is 0 Å². The Kier molecular flexibility index (Phi) is 4.60. The summed E-state index contributed by atoms with van der Waals surface area (Å²) in [6.45, 7) is 5.17. The van der Waals surface area contributed by atoms with Crippen LogP contribution in [-0.4, -0.2) is 54.3 Å². The van der Waals surface area contributed by atoms with Crippen molar-refractivity contribution in [1.29, 1.82) is 0 Å². The van der Waals surface area contributed by atoms with Crippen LogP contribution in [0.2, 0.25) is 0 Å². The van der Waals surface area contributed by atoms with E-state index in [2.05, 4.69) is 33.7 Å². The fourth-order valence-corrected chi connectivity index (χ4v) is 2.44. The van der Waals surface area contributed by atoms with Crippen LogP contribution in [0.15, 0.2) is 12.4 Å². The summed E-state index contributed by atoms with van der Waals surface area (Å²) in [4.78, 5) is 6.79. The topological polar surface area (TPSA) is 42.3 Å². The van der Waals surface area contributed by atoms with Crippen LogP contribution in [0.4, 0.5) is 5.95 Å². The van der Waals surface area contributed by atoms with Gasteiger partial charge in [0.1, 0.15) is 0 Å². The minimum atomic E-state index is 0.311. The molecule has 5 heteroatoms. The smallest absolute Gasteiger partial charge is 0.203 e. The van der Waals surface area contributed by atoms with Crippen molar-refractivity contribution in [1.82, 2.24) is 14.5 Å². The molecule has 1 aliphatic rings. The van der Waals surface area contributed by atoms with Gasteiger partial charge in [0.2, 0.25) is 5.95 Å². The maximum absolute atomic E-state index is 5.20. The Labute approximate surface area is 109 Å². The van der Waals surface area contributed by atoms with Gasteiger partial charge in [0, 0.05) is 25.5 Å². The Balaban J connectivity index is 1.95. The Morgan fingerprint density at radius 3 is 2.89 bits per heavy atom. The summed E-state index contributed by atoms with van der Waals surface area (Å²) >= 11 is 0. The number of nitrogens with one attached hydrogen (secondary N) is 1. The summed E-state index contributed by atoms with van der Waals surface area (Å²) in [6.07, 6.45) is 6.23. The number of nitrogens with zero attached hydrogens (tertiary/aromatic N) is 3. The number of hydrogen-bond acceptors (Lipinski definition) is 4. The number of likely N-dealkylation sites (tertiary alicyclic amines) is 1. The van der Waals surface area contributed by atoms with Gasteiger partial charge in [-0.2, -0.15) is 0 Å². The van der Waals surface area contributed by atoms with E-state index in [0.717, 1.165) is 19.0 Å². The molecule has 0 saturated carbocycles. The van der Waals surface area contributed by atoms with Gasteiger partial charge >= 0.3 is 0 Å². The maximum Gasteiger partial charge on any atom is 0.203 e. The average molecular weight is 252 g/mol. The van der Waals surface area contributed by atoms with Crippen molar-refractivity contribution in [2.75, 3.05) is 39.2 Å². The molecule has 102 valence electrons. The van der Waals surface area contributed by atoms with Crippen LogP contribution in [0.25, 0.3) is 0 Å². The molecule has 1 saturated heterocycles. The third kappa shape index (κ3) is 3.23. The molecule has 5 nitrogen and oxygen atoms in total. The molecule has 0 radical (unpaired) electrons. The van der Waals surface area contributed by atoms with Gasteiger partial charge in [-0.25, -0.2) is 4.98 Å². The second-order valence-electron chi connectivity index (χ2n) is 5.18. The number of aromatic nitrogens is 2. The zero-order valence-electron chi connectivity index (χ0n) is 11.6. The number of piperidine rings is 1. The molecule has 1 atom stereocenters. The van der Waals surface area contributed by atoms with Crippen LogP contribution in [0.5, 0.6) is 0 Å². The van der Waals surface area contributed by atoms with E-state index in [1.807, 2.05) is 12.4 Å². The number of rotatable bonds is 5. The quantitative estimate of drug-likeness (QED) is 0.864. The SMILES string of the molecule is COCC(C)n1ccnc1NC1CCN(C)CC1. The van der Waals surface area contributed by atoms with E-state index in [4.69, 9.17) is 4.74 Å². The van der Waals surface area contributed by atoms with Gasteiger partial charge in [-0.05, 0) is 39.9 Å².